The average Bonchev–Trinajstić information content (AvgIpc) is 3.11. The number of nitrogens with one attached hydrogen (secondary N) is 2. The fraction of sp³-hybridized carbons (Fsp3) is 0.200. The van der Waals surface area contributed by atoms with Gasteiger partial charge < -0.3 is 15.3 Å². The van der Waals surface area contributed by atoms with Crippen molar-refractivity contribution >= 4 is 24.3 Å². The Kier molecular flexibility index (Phi) is 7.20. The molecule has 10 heteroatoms. The molecular weight excluding hydrogens is 384 g/mol. The number of rotatable bonds is 10. The quantitative estimate of drug-likeness (QED) is 0.268. The zero-order chi connectivity index (χ0) is 21.2. The molecule has 0 aliphatic carbocycles. The van der Waals surface area contributed by atoms with Gasteiger partial charge in [-0.3, -0.25) is 0 Å². The standard InChI is InChI=1S/C20H24N8O2/c1-3-29-17-9-5-15(6-10-17)13-22-24-19-26-27-20(28(19)21)25-23-14-16-7-11-18(12-8-16)30-4-2/h5-14H,3-4,21H2,1-2H3,(H,24,26)(H,25,27)/b22-13+,23-14+. The van der Waals surface area contributed by atoms with E-state index in [0.29, 0.717) is 13.2 Å². The van der Waals surface area contributed by atoms with E-state index in [9.17, 15) is 0 Å². The van der Waals surface area contributed by atoms with Gasteiger partial charge in [0.05, 0.1) is 25.6 Å². The van der Waals surface area contributed by atoms with Gasteiger partial charge in [0.2, 0.25) is 0 Å². The number of nitrogen functional groups attached to an aromatic ring is 1. The van der Waals surface area contributed by atoms with E-state index in [1.165, 1.54) is 4.68 Å². The predicted molar refractivity (Wildman–Crippen MR) is 118 cm³/mol. The maximum Gasteiger partial charge on any atom is 0.265 e. The summed E-state index contributed by atoms with van der Waals surface area (Å²) in [6, 6.07) is 15.1. The summed E-state index contributed by atoms with van der Waals surface area (Å²) >= 11 is 0. The lowest BCUT2D eigenvalue weighted by atomic mass is 10.2. The highest BCUT2D eigenvalue weighted by atomic mass is 16.5. The van der Waals surface area contributed by atoms with Crippen LogP contribution in [-0.4, -0.2) is 40.5 Å². The Morgan fingerprint density at radius 1 is 0.800 bits per heavy atom. The van der Waals surface area contributed by atoms with E-state index >= 15 is 0 Å². The molecular formula is C20H24N8O2. The monoisotopic (exact) mass is 408 g/mol. The van der Waals surface area contributed by atoms with E-state index in [-0.39, 0.29) is 11.9 Å². The van der Waals surface area contributed by atoms with E-state index in [1.54, 1.807) is 12.4 Å². The van der Waals surface area contributed by atoms with E-state index < -0.39 is 0 Å². The predicted octanol–water partition coefficient (Wildman–Crippen LogP) is 2.68. The lowest BCUT2D eigenvalue weighted by Crippen LogP contribution is -2.14. The topological polar surface area (TPSA) is 124 Å². The summed E-state index contributed by atoms with van der Waals surface area (Å²) in [5.74, 6) is 8.10. The molecule has 30 heavy (non-hydrogen) atoms. The molecule has 1 heterocycles. The van der Waals surface area contributed by atoms with Crippen LogP contribution in [0, 0.1) is 0 Å². The largest absolute Gasteiger partial charge is 0.494 e. The summed E-state index contributed by atoms with van der Waals surface area (Å²) < 4.78 is 12.0. The summed E-state index contributed by atoms with van der Waals surface area (Å²) in [5, 5.41) is 16.1. The van der Waals surface area contributed by atoms with Gasteiger partial charge in [-0.05, 0) is 73.5 Å². The number of hydrazone groups is 2. The number of aromatic nitrogens is 3. The molecule has 0 unspecified atom stereocenters. The van der Waals surface area contributed by atoms with Crippen LogP contribution in [-0.2, 0) is 0 Å². The van der Waals surface area contributed by atoms with Crippen LogP contribution in [0.1, 0.15) is 25.0 Å². The summed E-state index contributed by atoms with van der Waals surface area (Å²) in [5.41, 5.74) is 7.28. The Bertz CT molecular complexity index is 902. The van der Waals surface area contributed by atoms with Crippen molar-refractivity contribution in [2.24, 2.45) is 10.2 Å². The number of nitrogens with zero attached hydrogens (tertiary/aromatic N) is 5. The molecule has 0 fully saturated rings. The van der Waals surface area contributed by atoms with Gasteiger partial charge in [0.25, 0.3) is 11.9 Å². The van der Waals surface area contributed by atoms with Crippen molar-refractivity contribution in [3.8, 4) is 11.5 Å². The molecule has 4 N–H and O–H groups in total. The minimum Gasteiger partial charge on any atom is -0.494 e. The molecule has 2 aromatic carbocycles. The SMILES string of the molecule is CCOc1ccc(/C=N/Nc2nnc(N/N=C/c3ccc(OCC)cc3)n2N)cc1. The molecule has 3 rings (SSSR count). The van der Waals surface area contributed by atoms with Crippen LogP contribution in [0.2, 0.25) is 0 Å². The second kappa shape index (κ2) is 10.5. The molecule has 0 spiro atoms. The van der Waals surface area contributed by atoms with Gasteiger partial charge in [0.15, 0.2) is 0 Å². The first-order valence-electron chi connectivity index (χ1n) is 9.44. The Balaban J connectivity index is 1.53. The molecule has 0 aliphatic rings. The number of ether oxygens (including phenoxy) is 2. The molecule has 1 aromatic heterocycles. The van der Waals surface area contributed by atoms with Crippen molar-refractivity contribution in [1.29, 1.82) is 0 Å². The summed E-state index contributed by atoms with van der Waals surface area (Å²) in [6.45, 7) is 5.14. The van der Waals surface area contributed by atoms with Crippen LogP contribution >= 0.6 is 0 Å². The van der Waals surface area contributed by atoms with Crippen molar-refractivity contribution in [3.05, 3.63) is 59.7 Å². The second-order valence-electron chi connectivity index (χ2n) is 5.96. The minimum absolute atomic E-state index is 0.260. The fourth-order valence-corrected chi connectivity index (χ4v) is 2.41. The molecule has 10 nitrogen and oxygen atoms in total. The molecule has 0 bridgehead atoms. The molecule has 3 aromatic rings. The molecule has 0 radical (unpaired) electrons. The first kappa shape index (κ1) is 20.6. The third-order valence-electron chi connectivity index (χ3n) is 3.83. The number of nitrogens with two attached hydrogens (primary N) is 1. The van der Waals surface area contributed by atoms with Gasteiger partial charge in [-0.25, -0.2) is 10.9 Å². The lowest BCUT2D eigenvalue weighted by Gasteiger charge is -2.03. The van der Waals surface area contributed by atoms with Crippen molar-refractivity contribution in [2.45, 2.75) is 13.8 Å². The smallest absolute Gasteiger partial charge is 0.265 e. The minimum atomic E-state index is 0.260. The highest BCUT2D eigenvalue weighted by Gasteiger charge is 2.07. The maximum absolute atomic E-state index is 5.95. The molecule has 0 saturated carbocycles. The van der Waals surface area contributed by atoms with E-state index in [0.717, 1.165) is 22.6 Å². The first-order valence-corrected chi connectivity index (χ1v) is 9.44. The molecule has 0 atom stereocenters. The van der Waals surface area contributed by atoms with Crippen LogP contribution in [0.15, 0.2) is 58.7 Å². The number of anilines is 2. The molecule has 0 aliphatic heterocycles. The van der Waals surface area contributed by atoms with E-state index in [2.05, 4.69) is 31.3 Å². The Hall–Kier alpha value is -4.08. The third-order valence-corrected chi connectivity index (χ3v) is 3.83. The summed E-state index contributed by atoms with van der Waals surface area (Å²) in [7, 11) is 0. The van der Waals surface area contributed by atoms with Gasteiger partial charge in [-0.15, -0.1) is 10.2 Å². The number of hydrogen-bond acceptors (Lipinski definition) is 9. The second-order valence-corrected chi connectivity index (χ2v) is 5.96. The van der Waals surface area contributed by atoms with Crippen molar-refractivity contribution in [1.82, 2.24) is 14.9 Å². The molecule has 156 valence electrons. The van der Waals surface area contributed by atoms with Crippen molar-refractivity contribution < 1.29 is 9.47 Å². The van der Waals surface area contributed by atoms with Gasteiger partial charge in [0, 0.05) is 0 Å². The highest BCUT2D eigenvalue weighted by Crippen LogP contribution is 2.12. The Morgan fingerprint density at radius 2 is 1.20 bits per heavy atom. The Morgan fingerprint density at radius 3 is 1.57 bits per heavy atom. The van der Waals surface area contributed by atoms with Gasteiger partial charge in [-0.2, -0.15) is 14.9 Å². The third kappa shape index (κ3) is 5.71. The van der Waals surface area contributed by atoms with Crippen molar-refractivity contribution in [3.63, 3.8) is 0 Å². The maximum atomic E-state index is 5.95. The average molecular weight is 408 g/mol. The normalized spacial score (nSPS) is 11.1. The van der Waals surface area contributed by atoms with Crippen molar-refractivity contribution in [2.75, 3.05) is 29.9 Å². The molecule has 0 amide bonds. The van der Waals surface area contributed by atoms with Crippen LogP contribution < -0.4 is 26.2 Å². The van der Waals surface area contributed by atoms with E-state index in [4.69, 9.17) is 15.3 Å². The lowest BCUT2D eigenvalue weighted by molar-refractivity contribution is 0.340. The van der Waals surface area contributed by atoms with Gasteiger partial charge in [-0.1, -0.05) is 0 Å². The highest BCUT2D eigenvalue weighted by molar-refractivity contribution is 5.80. The number of benzene rings is 2. The zero-order valence-corrected chi connectivity index (χ0v) is 16.8. The van der Waals surface area contributed by atoms with Gasteiger partial charge in [0.1, 0.15) is 11.5 Å². The Labute approximate surface area is 174 Å². The summed E-state index contributed by atoms with van der Waals surface area (Å²) in [6.07, 6.45) is 3.28. The van der Waals surface area contributed by atoms with E-state index in [1.807, 2.05) is 62.4 Å². The summed E-state index contributed by atoms with van der Waals surface area (Å²) in [4.78, 5) is 0. The van der Waals surface area contributed by atoms with Crippen LogP contribution in [0.3, 0.4) is 0 Å². The van der Waals surface area contributed by atoms with Gasteiger partial charge >= 0.3 is 0 Å². The fourth-order valence-electron chi connectivity index (χ4n) is 2.41. The first-order chi connectivity index (χ1) is 14.7. The van der Waals surface area contributed by atoms with Crippen LogP contribution in [0.5, 0.6) is 11.5 Å². The number of hydrogen-bond donors (Lipinski definition) is 3. The zero-order valence-electron chi connectivity index (χ0n) is 16.8. The van der Waals surface area contributed by atoms with Crippen LogP contribution in [0.25, 0.3) is 0 Å². The van der Waals surface area contributed by atoms with Crippen LogP contribution in [0.4, 0.5) is 11.9 Å². The molecule has 0 saturated heterocycles.